The molecule has 2 amide bonds. The molecular weight excluding hydrogens is 258 g/mol. The summed E-state index contributed by atoms with van der Waals surface area (Å²) >= 11 is 0. The van der Waals surface area contributed by atoms with Crippen LogP contribution in [0.5, 0.6) is 5.75 Å². The molecule has 0 atom stereocenters. The predicted octanol–water partition coefficient (Wildman–Crippen LogP) is -0.0929. The van der Waals surface area contributed by atoms with Crippen molar-refractivity contribution in [3.8, 4) is 5.75 Å². The van der Waals surface area contributed by atoms with Crippen LogP contribution in [0.2, 0.25) is 0 Å². The van der Waals surface area contributed by atoms with Gasteiger partial charge in [-0.2, -0.15) is 0 Å². The Morgan fingerprint density at radius 1 is 1.40 bits per heavy atom. The molecule has 0 aliphatic heterocycles. The summed E-state index contributed by atoms with van der Waals surface area (Å²) in [5.41, 5.74) is 6.26. The van der Waals surface area contributed by atoms with Gasteiger partial charge in [0.05, 0.1) is 19.6 Å². The molecule has 0 heterocycles. The van der Waals surface area contributed by atoms with Crippen LogP contribution in [-0.2, 0) is 9.59 Å². The fourth-order valence-electron chi connectivity index (χ4n) is 1.51. The highest BCUT2D eigenvalue weighted by Gasteiger charge is 2.09. The first kappa shape index (κ1) is 16.0. The third-order valence-corrected chi connectivity index (χ3v) is 2.73. The average Bonchev–Trinajstić information content (AvgIpc) is 2.44. The molecule has 0 saturated carbocycles. The molecule has 0 aliphatic carbocycles. The molecule has 0 aromatic heterocycles. The van der Waals surface area contributed by atoms with Crippen molar-refractivity contribution in [2.45, 2.75) is 6.92 Å². The Hall–Kier alpha value is -2.08. The van der Waals surface area contributed by atoms with E-state index < -0.39 is 0 Å². The standard InChI is InChI=1S/C14H21N3O3/c1-11-4-3-5-12(8-11)20-7-6-17(2)14(19)10-16-13(18)9-15/h3-5,8H,6-7,9-10,15H2,1-2H3,(H,16,18). The highest BCUT2D eigenvalue weighted by molar-refractivity contribution is 5.85. The van der Waals surface area contributed by atoms with Crippen LogP contribution in [-0.4, -0.2) is 50.0 Å². The summed E-state index contributed by atoms with van der Waals surface area (Å²) in [6.45, 7) is 2.68. The summed E-state index contributed by atoms with van der Waals surface area (Å²) in [7, 11) is 1.66. The molecule has 0 fully saturated rings. The fraction of sp³-hybridized carbons (Fsp3) is 0.429. The quantitative estimate of drug-likeness (QED) is 0.730. The van der Waals surface area contributed by atoms with E-state index in [0.717, 1.165) is 11.3 Å². The lowest BCUT2D eigenvalue weighted by molar-refractivity contribution is -0.131. The number of carbonyl (C=O) groups excluding carboxylic acids is 2. The fourth-order valence-corrected chi connectivity index (χ4v) is 1.51. The van der Waals surface area contributed by atoms with E-state index in [0.29, 0.717) is 13.2 Å². The van der Waals surface area contributed by atoms with Crippen LogP contribution in [0.25, 0.3) is 0 Å². The maximum absolute atomic E-state index is 11.7. The number of nitrogens with zero attached hydrogens (tertiary/aromatic N) is 1. The maximum atomic E-state index is 11.7. The summed E-state index contributed by atoms with van der Waals surface area (Å²) in [5.74, 6) is 0.254. The molecule has 1 rings (SSSR count). The number of ether oxygens (including phenoxy) is 1. The molecule has 1 aromatic rings. The average molecular weight is 279 g/mol. The summed E-state index contributed by atoms with van der Waals surface area (Å²) in [6.07, 6.45) is 0. The lowest BCUT2D eigenvalue weighted by atomic mass is 10.2. The first-order chi connectivity index (χ1) is 9.52. The van der Waals surface area contributed by atoms with Gasteiger partial charge < -0.3 is 20.7 Å². The van der Waals surface area contributed by atoms with Crippen molar-refractivity contribution in [2.75, 3.05) is 33.3 Å². The monoisotopic (exact) mass is 279 g/mol. The Kier molecular flexibility index (Phi) is 6.52. The lowest BCUT2D eigenvalue weighted by Gasteiger charge is -2.17. The largest absolute Gasteiger partial charge is 0.492 e. The van der Waals surface area contributed by atoms with Crippen molar-refractivity contribution in [3.63, 3.8) is 0 Å². The van der Waals surface area contributed by atoms with Gasteiger partial charge >= 0.3 is 0 Å². The second kappa shape index (κ2) is 8.16. The van der Waals surface area contributed by atoms with Gasteiger partial charge in [-0.1, -0.05) is 12.1 Å². The Balaban J connectivity index is 2.27. The van der Waals surface area contributed by atoms with Crippen molar-refractivity contribution >= 4 is 11.8 Å². The van der Waals surface area contributed by atoms with Crippen molar-refractivity contribution in [1.82, 2.24) is 10.2 Å². The molecule has 110 valence electrons. The second-order valence-corrected chi connectivity index (χ2v) is 4.46. The van der Waals surface area contributed by atoms with Gasteiger partial charge in [-0.25, -0.2) is 0 Å². The number of rotatable bonds is 7. The summed E-state index contributed by atoms with van der Waals surface area (Å²) in [4.78, 5) is 24.1. The molecular formula is C14H21N3O3. The number of benzene rings is 1. The Morgan fingerprint density at radius 2 is 2.15 bits per heavy atom. The smallest absolute Gasteiger partial charge is 0.241 e. The minimum atomic E-state index is -0.345. The maximum Gasteiger partial charge on any atom is 0.241 e. The van der Waals surface area contributed by atoms with Gasteiger partial charge in [0.1, 0.15) is 12.4 Å². The van der Waals surface area contributed by atoms with E-state index in [1.54, 1.807) is 7.05 Å². The molecule has 6 heteroatoms. The molecule has 1 aromatic carbocycles. The molecule has 0 aliphatic rings. The van der Waals surface area contributed by atoms with E-state index in [1.165, 1.54) is 4.90 Å². The second-order valence-electron chi connectivity index (χ2n) is 4.46. The SMILES string of the molecule is Cc1cccc(OCCN(C)C(=O)CNC(=O)CN)c1. The number of hydrogen-bond acceptors (Lipinski definition) is 4. The van der Waals surface area contributed by atoms with Crippen LogP contribution in [0.4, 0.5) is 0 Å². The molecule has 0 saturated heterocycles. The zero-order valence-electron chi connectivity index (χ0n) is 11.9. The number of nitrogens with two attached hydrogens (primary N) is 1. The molecule has 0 spiro atoms. The van der Waals surface area contributed by atoms with Gasteiger partial charge in [-0.05, 0) is 24.6 Å². The van der Waals surface area contributed by atoms with E-state index in [-0.39, 0.29) is 24.9 Å². The molecule has 3 N–H and O–H groups in total. The number of aryl methyl sites for hydroxylation is 1. The summed E-state index contributed by atoms with van der Waals surface area (Å²) in [6, 6.07) is 7.71. The highest BCUT2D eigenvalue weighted by Crippen LogP contribution is 2.11. The Labute approximate surface area is 118 Å². The number of hydrogen-bond donors (Lipinski definition) is 2. The minimum absolute atomic E-state index is 0.0447. The van der Waals surface area contributed by atoms with Crippen LogP contribution < -0.4 is 15.8 Å². The van der Waals surface area contributed by atoms with E-state index in [1.807, 2.05) is 31.2 Å². The van der Waals surface area contributed by atoms with Gasteiger partial charge in [0.15, 0.2) is 0 Å². The van der Waals surface area contributed by atoms with E-state index in [4.69, 9.17) is 10.5 Å². The van der Waals surface area contributed by atoms with Crippen LogP contribution in [0.3, 0.4) is 0 Å². The topological polar surface area (TPSA) is 84.7 Å². The normalized spacial score (nSPS) is 9.95. The third kappa shape index (κ3) is 5.71. The molecule has 20 heavy (non-hydrogen) atoms. The lowest BCUT2D eigenvalue weighted by Crippen LogP contribution is -2.41. The summed E-state index contributed by atoms with van der Waals surface area (Å²) in [5, 5.41) is 2.43. The van der Waals surface area contributed by atoms with Crippen molar-refractivity contribution in [2.24, 2.45) is 5.73 Å². The van der Waals surface area contributed by atoms with Gasteiger partial charge in [0.2, 0.25) is 11.8 Å². The first-order valence-electron chi connectivity index (χ1n) is 6.43. The number of likely N-dealkylation sites (N-methyl/N-ethyl adjacent to an activating group) is 1. The predicted molar refractivity (Wildman–Crippen MR) is 76.4 cm³/mol. The Bertz CT molecular complexity index is 463. The van der Waals surface area contributed by atoms with Crippen LogP contribution in [0.1, 0.15) is 5.56 Å². The van der Waals surface area contributed by atoms with Crippen LogP contribution in [0, 0.1) is 6.92 Å². The van der Waals surface area contributed by atoms with Crippen molar-refractivity contribution < 1.29 is 14.3 Å². The highest BCUT2D eigenvalue weighted by atomic mass is 16.5. The van der Waals surface area contributed by atoms with E-state index >= 15 is 0 Å². The van der Waals surface area contributed by atoms with Gasteiger partial charge in [0, 0.05) is 7.05 Å². The zero-order chi connectivity index (χ0) is 15.0. The molecule has 0 bridgehead atoms. The molecule has 6 nitrogen and oxygen atoms in total. The van der Waals surface area contributed by atoms with Crippen LogP contribution >= 0.6 is 0 Å². The number of carbonyl (C=O) groups is 2. The number of nitrogens with one attached hydrogen (secondary N) is 1. The third-order valence-electron chi connectivity index (χ3n) is 2.73. The summed E-state index contributed by atoms with van der Waals surface area (Å²) < 4.78 is 5.55. The zero-order valence-corrected chi connectivity index (χ0v) is 11.9. The van der Waals surface area contributed by atoms with Gasteiger partial charge in [-0.15, -0.1) is 0 Å². The van der Waals surface area contributed by atoms with Gasteiger partial charge in [-0.3, -0.25) is 9.59 Å². The van der Waals surface area contributed by atoms with Crippen molar-refractivity contribution in [1.29, 1.82) is 0 Å². The van der Waals surface area contributed by atoms with Crippen molar-refractivity contribution in [3.05, 3.63) is 29.8 Å². The van der Waals surface area contributed by atoms with Crippen LogP contribution in [0.15, 0.2) is 24.3 Å². The van der Waals surface area contributed by atoms with E-state index in [2.05, 4.69) is 5.32 Å². The number of amides is 2. The molecule has 0 radical (unpaired) electrons. The Morgan fingerprint density at radius 3 is 2.80 bits per heavy atom. The first-order valence-corrected chi connectivity index (χ1v) is 6.43. The molecule has 0 unspecified atom stereocenters. The van der Waals surface area contributed by atoms with Gasteiger partial charge in [0.25, 0.3) is 0 Å². The van der Waals surface area contributed by atoms with E-state index in [9.17, 15) is 9.59 Å². The minimum Gasteiger partial charge on any atom is -0.492 e.